The largest absolute Gasteiger partial charge is 0.378 e. The third kappa shape index (κ3) is 4.13. The van der Waals surface area contributed by atoms with Crippen molar-refractivity contribution in [3.8, 4) is 0 Å². The Balaban J connectivity index is 1.87. The maximum absolute atomic E-state index is 5.70. The molecule has 1 aliphatic heterocycles. The molecule has 3 N–H and O–H groups in total. The first kappa shape index (κ1) is 13.1. The van der Waals surface area contributed by atoms with Crippen LogP contribution >= 0.6 is 0 Å². The zero-order valence-electron chi connectivity index (χ0n) is 10.6. The smallest absolute Gasteiger partial charge is 0.116 e. The topological polar surface area (TPSA) is 59.6 Å². The molecule has 0 radical (unpaired) electrons. The van der Waals surface area contributed by atoms with Gasteiger partial charge in [0, 0.05) is 13.0 Å². The maximum atomic E-state index is 5.70. The number of nitrogens with one attached hydrogen (secondary N) is 1. The molecule has 98 valence electrons. The van der Waals surface area contributed by atoms with Gasteiger partial charge >= 0.3 is 0 Å². The van der Waals surface area contributed by atoms with Crippen molar-refractivity contribution in [2.45, 2.75) is 38.2 Å². The lowest BCUT2D eigenvalue weighted by atomic mass is 10.0. The third-order valence-corrected chi connectivity index (χ3v) is 3.16. The van der Waals surface area contributed by atoms with Crippen LogP contribution in [0.2, 0.25) is 0 Å². The molecule has 0 saturated carbocycles. The summed E-state index contributed by atoms with van der Waals surface area (Å²) >= 11 is 0. The lowest BCUT2D eigenvalue weighted by Crippen LogP contribution is -2.31. The molecule has 1 heterocycles. The van der Waals surface area contributed by atoms with Crippen LogP contribution in [0.5, 0.6) is 0 Å². The van der Waals surface area contributed by atoms with E-state index in [-0.39, 0.29) is 0 Å². The van der Waals surface area contributed by atoms with Crippen LogP contribution in [0.3, 0.4) is 0 Å². The Hall–Kier alpha value is -1.39. The van der Waals surface area contributed by atoms with E-state index in [4.69, 9.17) is 10.6 Å². The molecule has 4 nitrogen and oxygen atoms in total. The van der Waals surface area contributed by atoms with E-state index in [9.17, 15) is 0 Å². The fourth-order valence-electron chi connectivity index (χ4n) is 2.15. The lowest BCUT2D eigenvalue weighted by molar-refractivity contribution is 0.0124. The van der Waals surface area contributed by atoms with Gasteiger partial charge < -0.3 is 10.2 Å². The second kappa shape index (κ2) is 7.13. The molecule has 1 fully saturated rings. The number of hydrogen-bond donors (Lipinski definition) is 2. The minimum absolute atomic E-state index is 0.369. The van der Waals surface area contributed by atoms with Crippen molar-refractivity contribution in [1.82, 2.24) is 5.43 Å². The van der Waals surface area contributed by atoms with Gasteiger partial charge in [-0.15, -0.1) is 0 Å². The second-order valence-corrected chi connectivity index (χ2v) is 4.57. The molecular formula is C14H21N3O. The maximum Gasteiger partial charge on any atom is 0.116 e. The summed E-state index contributed by atoms with van der Waals surface area (Å²) in [7, 11) is 0. The highest BCUT2D eigenvalue weighted by Gasteiger charge is 2.14. The highest BCUT2D eigenvalue weighted by Crippen LogP contribution is 2.18. The van der Waals surface area contributed by atoms with Crippen molar-refractivity contribution in [2.24, 2.45) is 10.8 Å². The summed E-state index contributed by atoms with van der Waals surface area (Å²) in [6, 6.07) is 9.85. The standard InChI is InChI=1S/C14H21N3O/c15-17-14(16-12-6-2-1-3-7-12)10-9-13-8-4-5-11-18-13/h1-3,6-7,13H,4-5,8-11,15H2,(H,16,17). The van der Waals surface area contributed by atoms with Crippen molar-refractivity contribution in [2.75, 3.05) is 6.61 Å². The quantitative estimate of drug-likeness (QED) is 0.372. The predicted molar refractivity (Wildman–Crippen MR) is 73.7 cm³/mol. The van der Waals surface area contributed by atoms with Crippen molar-refractivity contribution >= 4 is 11.5 Å². The normalized spacial score (nSPS) is 20.7. The van der Waals surface area contributed by atoms with Crippen LogP contribution in [0.25, 0.3) is 0 Å². The predicted octanol–water partition coefficient (Wildman–Crippen LogP) is 2.53. The number of hydrogen-bond acceptors (Lipinski definition) is 3. The zero-order valence-corrected chi connectivity index (χ0v) is 10.6. The van der Waals surface area contributed by atoms with Gasteiger partial charge in [-0.2, -0.15) is 0 Å². The van der Waals surface area contributed by atoms with E-state index < -0.39 is 0 Å². The number of amidine groups is 1. The summed E-state index contributed by atoms with van der Waals surface area (Å²) < 4.78 is 5.70. The molecule has 1 aromatic carbocycles. The van der Waals surface area contributed by atoms with Crippen LogP contribution in [0, 0.1) is 0 Å². The van der Waals surface area contributed by atoms with Gasteiger partial charge in [0.05, 0.1) is 11.8 Å². The average molecular weight is 247 g/mol. The van der Waals surface area contributed by atoms with Crippen LogP contribution in [-0.2, 0) is 4.74 Å². The van der Waals surface area contributed by atoms with Crippen molar-refractivity contribution in [1.29, 1.82) is 0 Å². The molecule has 1 atom stereocenters. The third-order valence-electron chi connectivity index (χ3n) is 3.16. The van der Waals surface area contributed by atoms with Gasteiger partial charge in [0.2, 0.25) is 0 Å². The summed E-state index contributed by atoms with van der Waals surface area (Å²) in [6.07, 6.45) is 5.80. The summed E-state index contributed by atoms with van der Waals surface area (Å²) in [6.45, 7) is 0.895. The monoisotopic (exact) mass is 247 g/mol. The fourth-order valence-corrected chi connectivity index (χ4v) is 2.15. The van der Waals surface area contributed by atoms with Gasteiger partial charge in [-0.25, -0.2) is 10.8 Å². The van der Waals surface area contributed by atoms with E-state index in [1.54, 1.807) is 0 Å². The van der Waals surface area contributed by atoms with Crippen LogP contribution in [0.1, 0.15) is 32.1 Å². The number of para-hydroxylation sites is 1. The zero-order chi connectivity index (χ0) is 12.6. The van der Waals surface area contributed by atoms with E-state index in [0.29, 0.717) is 6.10 Å². The van der Waals surface area contributed by atoms with Gasteiger partial charge in [-0.05, 0) is 37.8 Å². The van der Waals surface area contributed by atoms with Crippen LogP contribution in [0.15, 0.2) is 35.3 Å². The molecule has 0 amide bonds. The Morgan fingerprint density at radius 3 is 2.83 bits per heavy atom. The Kier molecular flexibility index (Phi) is 5.17. The Morgan fingerprint density at radius 2 is 2.17 bits per heavy atom. The Bertz CT molecular complexity index is 372. The van der Waals surface area contributed by atoms with Gasteiger partial charge in [0.1, 0.15) is 5.84 Å². The number of ether oxygens (including phenoxy) is 1. The Morgan fingerprint density at radius 1 is 1.33 bits per heavy atom. The summed E-state index contributed by atoms with van der Waals surface area (Å²) in [5, 5.41) is 0. The summed E-state index contributed by atoms with van der Waals surface area (Å²) in [5.74, 6) is 6.33. The van der Waals surface area contributed by atoms with E-state index in [2.05, 4.69) is 10.4 Å². The summed E-state index contributed by atoms with van der Waals surface area (Å²) in [5.41, 5.74) is 3.61. The van der Waals surface area contributed by atoms with E-state index in [1.807, 2.05) is 30.3 Å². The summed E-state index contributed by atoms with van der Waals surface area (Å²) in [4.78, 5) is 4.49. The van der Waals surface area contributed by atoms with Gasteiger partial charge in [-0.1, -0.05) is 18.2 Å². The average Bonchev–Trinajstić information content (AvgIpc) is 2.45. The van der Waals surface area contributed by atoms with Crippen molar-refractivity contribution < 1.29 is 4.74 Å². The first-order valence-electron chi connectivity index (χ1n) is 6.59. The molecule has 1 aromatic rings. The van der Waals surface area contributed by atoms with E-state index in [1.165, 1.54) is 12.8 Å². The lowest BCUT2D eigenvalue weighted by Gasteiger charge is -2.22. The molecule has 0 bridgehead atoms. The van der Waals surface area contributed by atoms with Gasteiger partial charge in [-0.3, -0.25) is 0 Å². The van der Waals surface area contributed by atoms with E-state index in [0.717, 1.165) is 37.4 Å². The van der Waals surface area contributed by atoms with E-state index >= 15 is 0 Å². The number of nitrogens with zero attached hydrogens (tertiary/aromatic N) is 1. The number of nitrogens with two attached hydrogens (primary N) is 1. The first-order chi connectivity index (χ1) is 8.88. The first-order valence-corrected chi connectivity index (χ1v) is 6.59. The molecular weight excluding hydrogens is 226 g/mol. The van der Waals surface area contributed by atoms with Gasteiger partial charge in [0.25, 0.3) is 0 Å². The SMILES string of the molecule is NNC(CCC1CCCCO1)=Nc1ccccc1. The van der Waals surface area contributed by atoms with Crippen molar-refractivity contribution in [3.05, 3.63) is 30.3 Å². The number of rotatable bonds is 4. The molecule has 2 rings (SSSR count). The van der Waals surface area contributed by atoms with Crippen molar-refractivity contribution in [3.63, 3.8) is 0 Å². The van der Waals surface area contributed by atoms with Crippen LogP contribution in [-0.4, -0.2) is 18.5 Å². The Labute approximate surface area is 108 Å². The molecule has 0 aliphatic carbocycles. The number of hydrazine groups is 1. The molecule has 4 heteroatoms. The number of aliphatic imine (C=N–C) groups is 1. The number of benzene rings is 1. The molecule has 1 saturated heterocycles. The van der Waals surface area contributed by atoms with Gasteiger partial charge in [0.15, 0.2) is 0 Å². The molecule has 1 aliphatic rings. The highest BCUT2D eigenvalue weighted by molar-refractivity contribution is 5.84. The minimum Gasteiger partial charge on any atom is -0.378 e. The van der Waals surface area contributed by atoms with Crippen LogP contribution in [0.4, 0.5) is 5.69 Å². The molecule has 0 spiro atoms. The minimum atomic E-state index is 0.369. The van der Waals surface area contributed by atoms with Crippen LogP contribution < -0.4 is 11.3 Å². The molecule has 0 aromatic heterocycles. The molecule has 1 unspecified atom stereocenters. The molecule has 18 heavy (non-hydrogen) atoms. The fraction of sp³-hybridized carbons (Fsp3) is 0.500. The highest BCUT2D eigenvalue weighted by atomic mass is 16.5. The second-order valence-electron chi connectivity index (χ2n) is 4.57.